The van der Waals surface area contributed by atoms with Crippen molar-refractivity contribution in [2.45, 2.75) is 38.3 Å². The molecule has 0 aromatic heterocycles. The molecular weight excluding hydrogens is 431 g/mol. The van der Waals surface area contributed by atoms with E-state index >= 15 is 0 Å². The Morgan fingerprint density at radius 2 is 2.00 bits per heavy atom. The van der Waals surface area contributed by atoms with E-state index in [9.17, 15) is 0 Å². The summed E-state index contributed by atoms with van der Waals surface area (Å²) < 4.78 is 11.4. The van der Waals surface area contributed by atoms with E-state index in [-0.39, 0.29) is 24.0 Å². The first-order valence-electron chi connectivity index (χ1n) is 8.76. The zero-order chi connectivity index (χ0) is 16.9. The first kappa shape index (κ1) is 20.1. The van der Waals surface area contributed by atoms with Crippen molar-refractivity contribution in [1.82, 2.24) is 10.2 Å². The van der Waals surface area contributed by atoms with Crippen LogP contribution in [0, 0.1) is 0 Å². The molecule has 2 aliphatic rings. The molecule has 6 nitrogen and oxygen atoms in total. The summed E-state index contributed by atoms with van der Waals surface area (Å²) in [6.45, 7) is 4.49. The highest BCUT2D eigenvalue weighted by Crippen LogP contribution is 2.32. The predicted molar refractivity (Wildman–Crippen MR) is 113 cm³/mol. The standard InChI is InChI=1S/C18H28N4O2.HI/c1-13(22(3)15-6-7-15)12-20-18(19-2)21-14-5-8-16-17(11-14)24-10-4-9-23-16;/h5,8,11,13,15H,4,6-7,9-10,12H2,1-3H3,(H2,19,20,21);1H. The fourth-order valence-corrected chi connectivity index (χ4v) is 2.79. The lowest BCUT2D eigenvalue weighted by Crippen LogP contribution is -2.43. The van der Waals surface area contributed by atoms with Crippen LogP contribution in [0.1, 0.15) is 26.2 Å². The van der Waals surface area contributed by atoms with E-state index in [2.05, 4.69) is 34.5 Å². The Kier molecular flexibility index (Phi) is 7.61. The second-order valence-corrected chi connectivity index (χ2v) is 6.54. The molecule has 1 fully saturated rings. The summed E-state index contributed by atoms with van der Waals surface area (Å²) in [6.07, 6.45) is 3.56. The highest BCUT2D eigenvalue weighted by Gasteiger charge is 2.29. The van der Waals surface area contributed by atoms with Gasteiger partial charge in [0.1, 0.15) is 0 Å². The quantitative estimate of drug-likeness (QED) is 0.402. The summed E-state index contributed by atoms with van der Waals surface area (Å²) in [4.78, 5) is 6.75. The molecule has 0 radical (unpaired) electrons. The number of rotatable bonds is 5. The number of anilines is 1. The minimum atomic E-state index is 0. The maximum Gasteiger partial charge on any atom is 0.195 e. The molecule has 0 saturated heterocycles. The molecule has 0 spiro atoms. The average molecular weight is 460 g/mol. The monoisotopic (exact) mass is 460 g/mol. The molecule has 0 amide bonds. The first-order chi connectivity index (χ1) is 11.7. The fraction of sp³-hybridized carbons (Fsp3) is 0.611. The molecule has 1 heterocycles. The Labute approximate surface area is 167 Å². The van der Waals surface area contributed by atoms with E-state index in [0.29, 0.717) is 19.3 Å². The summed E-state index contributed by atoms with van der Waals surface area (Å²) in [6, 6.07) is 7.13. The number of halogens is 1. The lowest BCUT2D eigenvalue weighted by atomic mass is 10.2. The third kappa shape index (κ3) is 5.64. The summed E-state index contributed by atoms with van der Waals surface area (Å²) in [7, 11) is 3.98. The zero-order valence-electron chi connectivity index (χ0n) is 15.2. The maximum absolute atomic E-state index is 5.74. The van der Waals surface area contributed by atoms with Gasteiger partial charge in [-0.2, -0.15) is 0 Å². The molecule has 3 rings (SSSR count). The van der Waals surface area contributed by atoms with Gasteiger partial charge in [-0.05, 0) is 38.9 Å². The van der Waals surface area contributed by atoms with Crippen LogP contribution in [0.3, 0.4) is 0 Å². The van der Waals surface area contributed by atoms with Crippen LogP contribution in [0.5, 0.6) is 11.5 Å². The third-order valence-electron chi connectivity index (χ3n) is 4.62. The van der Waals surface area contributed by atoms with Gasteiger partial charge in [0.15, 0.2) is 17.5 Å². The van der Waals surface area contributed by atoms with Gasteiger partial charge >= 0.3 is 0 Å². The zero-order valence-corrected chi connectivity index (χ0v) is 17.6. The highest BCUT2D eigenvalue weighted by molar-refractivity contribution is 14.0. The van der Waals surface area contributed by atoms with E-state index in [1.807, 2.05) is 18.2 Å². The summed E-state index contributed by atoms with van der Waals surface area (Å²) in [5, 5.41) is 6.72. The molecule has 25 heavy (non-hydrogen) atoms. The molecule has 140 valence electrons. The molecule has 1 aromatic carbocycles. The lowest BCUT2D eigenvalue weighted by Gasteiger charge is -2.25. The van der Waals surface area contributed by atoms with E-state index in [0.717, 1.165) is 42.2 Å². The number of benzene rings is 1. The van der Waals surface area contributed by atoms with Gasteiger partial charge in [-0.3, -0.25) is 9.89 Å². The number of hydrogen-bond acceptors (Lipinski definition) is 4. The van der Waals surface area contributed by atoms with Crippen molar-refractivity contribution in [3.8, 4) is 11.5 Å². The number of fused-ring (bicyclic) bond motifs is 1. The Balaban J connectivity index is 0.00000225. The van der Waals surface area contributed by atoms with Crippen LogP contribution < -0.4 is 20.1 Å². The Morgan fingerprint density at radius 3 is 2.68 bits per heavy atom. The van der Waals surface area contributed by atoms with Crippen molar-refractivity contribution in [3.05, 3.63) is 18.2 Å². The topological polar surface area (TPSA) is 58.1 Å². The minimum Gasteiger partial charge on any atom is -0.490 e. The van der Waals surface area contributed by atoms with Crippen molar-refractivity contribution in [2.75, 3.05) is 39.2 Å². The van der Waals surface area contributed by atoms with Crippen LogP contribution in [-0.2, 0) is 0 Å². The SMILES string of the molecule is CN=C(NCC(C)N(C)C1CC1)Nc1ccc2c(c1)OCCCO2.I. The average Bonchev–Trinajstić information content (AvgIpc) is 3.44. The van der Waals surface area contributed by atoms with E-state index in [1.165, 1.54) is 12.8 Å². The van der Waals surface area contributed by atoms with E-state index in [1.54, 1.807) is 7.05 Å². The first-order valence-corrected chi connectivity index (χ1v) is 8.76. The number of aliphatic imine (C=N–C) groups is 1. The number of nitrogens with one attached hydrogen (secondary N) is 2. The summed E-state index contributed by atoms with van der Waals surface area (Å²) in [5.74, 6) is 2.36. The van der Waals surface area contributed by atoms with Gasteiger partial charge in [0.05, 0.1) is 13.2 Å². The van der Waals surface area contributed by atoms with Crippen molar-refractivity contribution >= 4 is 35.6 Å². The molecule has 0 bridgehead atoms. The minimum absolute atomic E-state index is 0. The lowest BCUT2D eigenvalue weighted by molar-refractivity contribution is 0.248. The number of guanidine groups is 1. The predicted octanol–water partition coefficient (Wildman–Crippen LogP) is 2.94. The van der Waals surface area contributed by atoms with Crippen molar-refractivity contribution < 1.29 is 9.47 Å². The van der Waals surface area contributed by atoms with Gasteiger partial charge in [-0.25, -0.2) is 0 Å². The van der Waals surface area contributed by atoms with E-state index < -0.39 is 0 Å². The van der Waals surface area contributed by atoms with Crippen molar-refractivity contribution in [3.63, 3.8) is 0 Å². The Bertz CT molecular complexity index is 592. The van der Waals surface area contributed by atoms with Crippen LogP contribution in [-0.4, -0.2) is 56.8 Å². The second kappa shape index (κ2) is 9.47. The van der Waals surface area contributed by atoms with Crippen molar-refractivity contribution in [2.24, 2.45) is 4.99 Å². The largest absolute Gasteiger partial charge is 0.490 e. The molecule has 1 aliphatic carbocycles. The van der Waals surface area contributed by atoms with Crippen LogP contribution in [0.15, 0.2) is 23.2 Å². The smallest absolute Gasteiger partial charge is 0.195 e. The van der Waals surface area contributed by atoms with Crippen LogP contribution in [0.25, 0.3) is 0 Å². The van der Waals surface area contributed by atoms with Gasteiger partial charge in [0.2, 0.25) is 0 Å². The maximum atomic E-state index is 5.74. The van der Waals surface area contributed by atoms with Gasteiger partial charge in [-0.1, -0.05) is 0 Å². The van der Waals surface area contributed by atoms with E-state index in [4.69, 9.17) is 9.47 Å². The summed E-state index contributed by atoms with van der Waals surface area (Å²) in [5.41, 5.74) is 0.940. The van der Waals surface area contributed by atoms with Gasteiger partial charge < -0.3 is 20.1 Å². The second-order valence-electron chi connectivity index (χ2n) is 6.54. The molecule has 1 aliphatic heterocycles. The van der Waals surface area contributed by atoms with Crippen LogP contribution in [0.4, 0.5) is 5.69 Å². The molecule has 1 unspecified atom stereocenters. The normalized spacial score (nSPS) is 18.2. The van der Waals surface area contributed by atoms with Crippen molar-refractivity contribution in [1.29, 1.82) is 0 Å². The molecule has 1 atom stereocenters. The van der Waals surface area contributed by atoms with Crippen LogP contribution >= 0.6 is 24.0 Å². The van der Waals surface area contributed by atoms with Gasteiger partial charge in [0, 0.05) is 43.9 Å². The van der Waals surface area contributed by atoms with Crippen LogP contribution in [0.2, 0.25) is 0 Å². The molecule has 7 heteroatoms. The number of nitrogens with zero attached hydrogens (tertiary/aromatic N) is 2. The number of hydrogen-bond donors (Lipinski definition) is 2. The molecule has 1 saturated carbocycles. The third-order valence-corrected chi connectivity index (χ3v) is 4.62. The number of likely N-dealkylation sites (N-methyl/N-ethyl adjacent to an activating group) is 1. The number of ether oxygens (including phenoxy) is 2. The molecular formula is C18H29IN4O2. The Hall–Kier alpha value is -1.22. The molecule has 1 aromatic rings. The van der Waals surface area contributed by atoms with Gasteiger partial charge in [-0.15, -0.1) is 24.0 Å². The van der Waals surface area contributed by atoms with Gasteiger partial charge in [0.25, 0.3) is 0 Å². The molecule has 2 N–H and O–H groups in total. The Morgan fingerprint density at radius 1 is 1.28 bits per heavy atom. The highest BCUT2D eigenvalue weighted by atomic mass is 127. The fourth-order valence-electron chi connectivity index (χ4n) is 2.79. The summed E-state index contributed by atoms with van der Waals surface area (Å²) >= 11 is 0.